The number of nitrogens with one attached hydrogen (secondary N) is 1. The molecule has 0 saturated heterocycles. The van der Waals surface area contributed by atoms with Crippen molar-refractivity contribution in [3.8, 4) is 0 Å². The highest BCUT2D eigenvalue weighted by Crippen LogP contribution is 2.15. The number of anilines is 1. The Bertz CT molecular complexity index is 352. The minimum Gasteiger partial charge on any atom is -0.469 e. The van der Waals surface area contributed by atoms with Crippen LogP contribution >= 0.6 is 0 Å². The maximum atomic E-state index is 12.8. The number of ether oxygens (including phenoxy) is 1. The highest BCUT2D eigenvalue weighted by atomic mass is 19.1. The normalized spacial score (nSPS) is 9.80. The van der Waals surface area contributed by atoms with Gasteiger partial charge in [-0.05, 0) is 30.7 Å². The molecule has 3 nitrogen and oxygen atoms in total. The van der Waals surface area contributed by atoms with E-state index in [1.54, 1.807) is 6.07 Å². The Labute approximate surface area is 88.2 Å². The van der Waals surface area contributed by atoms with Crippen LogP contribution in [-0.2, 0) is 9.53 Å². The lowest BCUT2D eigenvalue weighted by molar-refractivity contribution is -0.140. The van der Waals surface area contributed by atoms with E-state index in [9.17, 15) is 9.18 Å². The van der Waals surface area contributed by atoms with Gasteiger partial charge in [-0.15, -0.1) is 0 Å². The third-order valence-corrected chi connectivity index (χ3v) is 2.06. The average molecular weight is 211 g/mol. The van der Waals surface area contributed by atoms with Gasteiger partial charge in [-0.2, -0.15) is 0 Å². The molecule has 0 heterocycles. The lowest BCUT2D eigenvalue weighted by Gasteiger charge is -2.08. The summed E-state index contributed by atoms with van der Waals surface area (Å²) in [5.41, 5.74) is 1.65. The van der Waals surface area contributed by atoms with Crippen molar-refractivity contribution in [2.45, 2.75) is 13.3 Å². The molecule has 0 aliphatic heterocycles. The summed E-state index contributed by atoms with van der Waals surface area (Å²) in [7, 11) is 1.35. The number of hydrogen-bond acceptors (Lipinski definition) is 3. The lowest BCUT2D eigenvalue weighted by atomic mass is 10.2. The smallest absolute Gasteiger partial charge is 0.307 e. The number of methoxy groups -OCH3 is 1. The summed E-state index contributed by atoms with van der Waals surface area (Å²) in [6, 6.07) is 4.48. The fourth-order valence-corrected chi connectivity index (χ4v) is 1.23. The van der Waals surface area contributed by atoms with Crippen molar-refractivity contribution in [3.63, 3.8) is 0 Å². The molecule has 0 bridgehead atoms. The van der Waals surface area contributed by atoms with Crippen LogP contribution in [-0.4, -0.2) is 19.6 Å². The first-order chi connectivity index (χ1) is 7.13. The van der Waals surface area contributed by atoms with Gasteiger partial charge in [0.1, 0.15) is 5.82 Å². The Hall–Kier alpha value is -1.58. The molecule has 0 amide bonds. The van der Waals surface area contributed by atoms with Crippen LogP contribution in [0.3, 0.4) is 0 Å². The van der Waals surface area contributed by atoms with Crippen LogP contribution in [0, 0.1) is 12.7 Å². The highest BCUT2D eigenvalue weighted by Gasteiger charge is 2.02. The van der Waals surface area contributed by atoms with Crippen LogP contribution in [0.2, 0.25) is 0 Å². The third-order valence-electron chi connectivity index (χ3n) is 2.06. The van der Waals surface area contributed by atoms with Gasteiger partial charge in [0.05, 0.1) is 13.5 Å². The molecule has 1 aromatic rings. The second kappa shape index (κ2) is 5.34. The van der Waals surface area contributed by atoms with Gasteiger partial charge in [-0.1, -0.05) is 0 Å². The minimum absolute atomic E-state index is 0.258. The number of hydrogen-bond donors (Lipinski definition) is 1. The van der Waals surface area contributed by atoms with E-state index in [0.29, 0.717) is 13.0 Å². The highest BCUT2D eigenvalue weighted by molar-refractivity contribution is 5.70. The molecule has 0 aliphatic rings. The predicted octanol–water partition coefficient (Wildman–Crippen LogP) is 2.11. The van der Waals surface area contributed by atoms with E-state index in [2.05, 4.69) is 10.1 Å². The number of rotatable bonds is 4. The van der Waals surface area contributed by atoms with E-state index in [1.165, 1.54) is 19.2 Å². The topological polar surface area (TPSA) is 38.3 Å². The van der Waals surface area contributed by atoms with Crippen LogP contribution in [0.5, 0.6) is 0 Å². The Morgan fingerprint density at radius 3 is 2.87 bits per heavy atom. The van der Waals surface area contributed by atoms with E-state index in [0.717, 1.165) is 11.3 Å². The molecule has 0 unspecified atom stereocenters. The maximum Gasteiger partial charge on any atom is 0.307 e. The van der Waals surface area contributed by atoms with Crippen LogP contribution in [0.4, 0.5) is 10.1 Å². The van der Waals surface area contributed by atoms with Gasteiger partial charge < -0.3 is 10.1 Å². The van der Waals surface area contributed by atoms with Crippen molar-refractivity contribution in [2.24, 2.45) is 0 Å². The number of aryl methyl sites for hydroxylation is 1. The number of halogens is 1. The number of carbonyl (C=O) groups is 1. The van der Waals surface area contributed by atoms with Crippen LogP contribution in [0.15, 0.2) is 18.2 Å². The van der Waals surface area contributed by atoms with Gasteiger partial charge in [0.2, 0.25) is 0 Å². The average Bonchev–Trinajstić information content (AvgIpc) is 2.21. The molecule has 0 atom stereocenters. The van der Waals surface area contributed by atoms with Gasteiger partial charge in [-0.25, -0.2) is 4.39 Å². The molecule has 0 saturated carbocycles. The Kier molecular flexibility index (Phi) is 4.09. The molecule has 0 radical (unpaired) electrons. The summed E-state index contributed by atoms with van der Waals surface area (Å²) in [6.45, 7) is 2.29. The molecule has 0 aliphatic carbocycles. The van der Waals surface area contributed by atoms with E-state index in [-0.39, 0.29) is 11.8 Å². The summed E-state index contributed by atoms with van der Waals surface area (Å²) in [5, 5.41) is 3.04. The molecule has 0 fully saturated rings. The molecule has 15 heavy (non-hydrogen) atoms. The molecule has 1 N–H and O–H groups in total. The van der Waals surface area contributed by atoms with Gasteiger partial charge in [0.25, 0.3) is 0 Å². The first-order valence-electron chi connectivity index (χ1n) is 4.70. The second-order valence-electron chi connectivity index (χ2n) is 3.21. The molecule has 0 aromatic heterocycles. The minimum atomic E-state index is -0.262. The summed E-state index contributed by atoms with van der Waals surface area (Å²) in [5.74, 6) is -0.520. The standard InChI is InChI=1S/C11H14FNO2/c1-8-7-9(12)3-4-10(8)13-6-5-11(14)15-2/h3-4,7,13H,5-6H2,1-2H3. The second-order valence-corrected chi connectivity index (χ2v) is 3.21. The zero-order valence-electron chi connectivity index (χ0n) is 8.84. The van der Waals surface area contributed by atoms with Crippen LogP contribution in [0.1, 0.15) is 12.0 Å². The van der Waals surface area contributed by atoms with Gasteiger partial charge >= 0.3 is 5.97 Å². The van der Waals surface area contributed by atoms with E-state index >= 15 is 0 Å². The van der Waals surface area contributed by atoms with E-state index < -0.39 is 0 Å². The van der Waals surface area contributed by atoms with Crippen LogP contribution < -0.4 is 5.32 Å². The molecule has 1 aromatic carbocycles. The zero-order chi connectivity index (χ0) is 11.3. The summed E-state index contributed by atoms with van der Waals surface area (Å²) in [6.07, 6.45) is 0.299. The maximum absolute atomic E-state index is 12.8. The largest absolute Gasteiger partial charge is 0.469 e. The Balaban J connectivity index is 2.47. The Morgan fingerprint density at radius 1 is 1.53 bits per heavy atom. The SMILES string of the molecule is COC(=O)CCNc1ccc(F)cc1C. The van der Waals surface area contributed by atoms with Gasteiger partial charge in [0.15, 0.2) is 0 Å². The molecular weight excluding hydrogens is 197 g/mol. The van der Waals surface area contributed by atoms with Crippen molar-refractivity contribution in [1.82, 2.24) is 0 Å². The van der Waals surface area contributed by atoms with Gasteiger partial charge in [-0.3, -0.25) is 4.79 Å². The number of benzene rings is 1. The lowest BCUT2D eigenvalue weighted by Crippen LogP contribution is -2.10. The van der Waals surface area contributed by atoms with Crippen molar-refractivity contribution in [2.75, 3.05) is 19.0 Å². The van der Waals surface area contributed by atoms with Crippen LogP contribution in [0.25, 0.3) is 0 Å². The fraction of sp³-hybridized carbons (Fsp3) is 0.364. The Morgan fingerprint density at radius 2 is 2.27 bits per heavy atom. The molecule has 4 heteroatoms. The predicted molar refractivity (Wildman–Crippen MR) is 56.3 cm³/mol. The quantitative estimate of drug-likeness (QED) is 0.775. The van der Waals surface area contributed by atoms with Crippen molar-refractivity contribution in [3.05, 3.63) is 29.6 Å². The molecule has 0 spiro atoms. The molecular formula is C11H14FNO2. The van der Waals surface area contributed by atoms with Gasteiger partial charge in [0, 0.05) is 12.2 Å². The third kappa shape index (κ3) is 3.58. The summed E-state index contributed by atoms with van der Waals surface area (Å²) < 4.78 is 17.2. The van der Waals surface area contributed by atoms with Crippen molar-refractivity contribution in [1.29, 1.82) is 0 Å². The molecule has 1 rings (SSSR count). The monoisotopic (exact) mass is 211 g/mol. The first-order valence-corrected chi connectivity index (χ1v) is 4.70. The van der Waals surface area contributed by atoms with E-state index in [4.69, 9.17) is 0 Å². The number of esters is 1. The van der Waals surface area contributed by atoms with E-state index in [1.807, 2.05) is 6.92 Å². The number of carbonyl (C=O) groups excluding carboxylic acids is 1. The zero-order valence-corrected chi connectivity index (χ0v) is 8.84. The summed E-state index contributed by atoms with van der Waals surface area (Å²) >= 11 is 0. The summed E-state index contributed by atoms with van der Waals surface area (Å²) in [4.78, 5) is 10.8. The molecule has 82 valence electrons. The van der Waals surface area contributed by atoms with Crippen molar-refractivity contribution >= 4 is 11.7 Å². The first kappa shape index (κ1) is 11.5. The fourth-order valence-electron chi connectivity index (χ4n) is 1.23. The van der Waals surface area contributed by atoms with Crippen molar-refractivity contribution < 1.29 is 13.9 Å².